The van der Waals surface area contributed by atoms with Gasteiger partial charge in [0, 0.05) is 37.6 Å². The van der Waals surface area contributed by atoms with Crippen molar-refractivity contribution in [2.24, 2.45) is 0 Å². The van der Waals surface area contributed by atoms with Gasteiger partial charge < -0.3 is 15.0 Å². The summed E-state index contributed by atoms with van der Waals surface area (Å²) in [5.74, 6) is -1.16. The fourth-order valence-electron chi connectivity index (χ4n) is 4.09. The van der Waals surface area contributed by atoms with Crippen molar-refractivity contribution in [3.63, 3.8) is 0 Å². The molecule has 2 amide bonds. The number of nitrogens with one attached hydrogen (secondary N) is 1. The summed E-state index contributed by atoms with van der Waals surface area (Å²) in [6, 6.07) is 5.12. The Morgan fingerprint density at radius 3 is 2.89 bits per heavy atom. The van der Waals surface area contributed by atoms with Crippen LogP contribution < -0.4 is 10.1 Å². The van der Waals surface area contributed by atoms with Gasteiger partial charge in [-0.15, -0.1) is 0 Å². The molecule has 0 aliphatic carbocycles. The smallest absolute Gasteiger partial charge is 0.387 e. The molecule has 0 unspecified atom stereocenters. The zero-order chi connectivity index (χ0) is 26.3. The predicted molar refractivity (Wildman–Crippen MR) is 126 cm³/mol. The van der Waals surface area contributed by atoms with Crippen LogP contribution in [-0.4, -0.2) is 61.3 Å². The van der Waals surface area contributed by atoms with Crippen LogP contribution in [0.15, 0.2) is 43.0 Å². The summed E-state index contributed by atoms with van der Waals surface area (Å²) in [7, 11) is 1.66. The highest BCUT2D eigenvalue weighted by molar-refractivity contribution is 6.32. The first kappa shape index (κ1) is 24.1. The van der Waals surface area contributed by atoms with Crippen LogP contribution in [0.2, 0.25) is 5.02 Å². The number of aromatic nitrogens is 5. The van der Waals surface area contributed by atoms with Gasteiger partial charge in [-0.1, -0.05) is 11.6 Å². The molecule has 5 rings (SSSR count). The molecule has 188 valence electrons. The van der Waals surface area contributed by atoms with Crippen LogP contribution in [0.25, 0.3) is 16.9 Å². The monoisotopic (exact) mass is 526 g/mol. The summed E-state index contributed by atoms with van der Waals surface area (Å²) in [5, 5.41) is 20.5. The lowest BCUT2D eigenvalue weighted by Crippen LogP contribution is -2.24. The van der Waals surface area contributed by atoms with Gasteiger partial charge in [-0.3, -0.25) is 14.3 Å². The van der Waals surface area contributed by atoms with Crippen molar-refractivity contribution in [2.75, 3.05) is 18.9 Å². The molecule has 1 aliphatic rings. The van der Waals surface area contributed by atoms with E-state index >= 15 is 0 Å². The molecule has 0 radical (unpaired) electrons. The summed E-state index contributed by atoms with van der Waals surface area (Å²) in [5.41, 5.74) is 0.471. The molecule has 1 saturated heterocycles. The number of hydrogen-bond donors (Lipinski definition) is 1. The van der Waals surface area contributed by atoms with E-state index in [2.05, 4.69) is 25.2 Å². The van der Waals surface area contributed by atoms with Crippen LogP contribution in [0.1, 0.15) is 28.4 Å². The average Bonchev–Trinajstić information content (AvgIpc) is 3.57. The standard InChI is InChI=1S/C23H17ClF2N8O3/c1-32-6-3-17(22(32)36)34-11-16(30-21(35)14-10-29-33-5-2-4-28-20(14)33)19(31-34)13-8-15(24)12(9-27)7-18(13)37-23(25)26/h2,4-5,7-8,10-11,17,23H,3,6H2,1H3,(H,30,35)/t17-/m0/s1. The van der Waals surface area contributed by atoms with Gasteiger partial charge in [-0.05, 0) is 18.6 Å². The molecule has 4 aromatic rings. The van der Waals surface area contributed by atoms with Gasteiger partial charge in [-0.25, -0.2) is 9.50 Å². The molecule has 0 saturated carbocycles. The van der Waals surface area contributed by atoms with Crippen molar-refractivity contribution in [3.8, 4) is 23.1 Å². The van der Waals surface area contributed by atoms with Crippen molar-refractivity contribution in [1.29, 1.82) is 5.26 Å². The van der Waals surface area contributed by atoms with Gasteiger partial charge in [0.2, 0.25) is 5.91 Å². The third-order valence-corrected chi connectivity index (χ3v) is 6.20. The van der Waals surface area contributed by atoms with E-state index in [0.29, 0.717) is 18.6 Å². The number of amides is 2. The van der Waals surface area contributed by atoms with Gasteiger partial charge in [0.1, 0.15) is 29.1 Å². The van der Waals surface area contributed by atoms with E-state index in [9.17, 15) is 23.6 Å². The second kappa shape index (κ2) is 9.47. The summed E-state index contributed by atoms with van der Waals surface area (Å²) < 4.78 is 33.9. The number of likely N-dealkylation sites (tertiary alicyclic amines) is 1. The first-order valence-corrected chi connectivity index (χ1v) is 11.3. The molecule has 37 heavy (non-hydrogen) atoms. The average molecular weight is 527 g/mol. The molecule has 1 atom stereocenters. The zero-order valence-corrected chi connectivity index (χ0v) is 19.9. The van der Waals surface area contributed by atoms with Crippen LogP contribution in [0.3, 0.4) is 0 Å². The molecule has 4 heterocycles. The van der Waals surface area contributed by atoms with Gasteiger partial charge >= 0.3 is 6.61 Å². The molecule has 1 aromatic carbocycles. The Hall–Kier alpha value is -4.57. The van der Waals surface area contributed by atoms with Crippen molar-refractivity contribution in [1.82, 2.24) is 29.3 Å². The Kier molecular flexibility index (Phi) is 6.18. The number of hydrogen-bond acceptors (Lipinski definition) is 7. The number of likely N-dealkylation sites (N-methyl/N-ethyl adjacent to an activating group) is 1. The van der Waals surface area contributed by atoms with E-state index in [1.165, 1.54) is 33.9 Å². The van der Waals surface area contributed by atoms with Crippen molar-refractivity contribution in [2.45, 2.75) is 19.1 Å². The number of carbonyl (C=O) groups is 2. The molecule has 1 fully saturated rings. The first-order valence-electron chi connectivity index (χ1n) is 10.9. The first-order chi connectivity index (χ1) is 17.8. The van der Waals surface area contributed by atoms with E-state index in [1.54, 1.807) is 24.2 Å². The Bertz CT molecular complexity index is 1580. The number of nitrogens with zero attached hydrogens (tertiary/aromatic N) is 7. The number of anilines is 1. The second-order valence-electron chi connectivity index (χ2n) is 8.15. The third kappa shape index (κ3) is 4.43. The van der Waals surface area contributed by atoms with Crippen LogP contribution in [-0.2, 0) is 4.79 Å². The summed E-state index contributed by atoms with van der Waals surface area (Å²) in [6.45, 7) is -2.71. The minimum absolute atomic E-state index is 0.00450. The van der Waals surface area contributed by atoms with Crippen LogP contribution in [0.5, 0.6) is 5.75 Å². The third-order valence-electron chi connectivity index (χ3n) is 5.88. The summed E-state index contributed by atoms with van der Waals surface area (Å²) in [4.78, 5) is 31.6. The molecule has 14 heteroatoms. The van der Waals surface area contributed by atoms with Crippen LogP contribution >= 0.6 is 11.6 Å². The molecular formula is C23H17ClF2N8O3. The zero-order valence-electron chi connectivity index (χ0n) is 19.1. The topological polar surface area (TPSA) is 130 Å². The van der Waals surface area contributed by atoms with Crippen molar-refractivity contribution < 1.29 is 23.1 Å². The highest BCUT2D eigenvalue weighted by atomic mass is 35.5. The Morgan fingerprint density at radius 2 is 2.19 bits per heavy atom. The lowest BCUT2D eigenvalue weighted by molar-refractivity contribution is -0.129. The summed E-state index contributed by atoms with van der Waals surface area (Å²) in [6.07, 6.45) is 6.35. The van der Waals surface area contributed by atoms with E-state index < -0.39 is 18.6 Å². The van der Waals surface area contributed by atoms with Crippen LogP contribution in [0, 0.1) is 11.3 Å². The lowest BCUT2D eigenvalue weighted by atomic mass is 10.1. The molecule has 1 aliphatic heterocycles. The number of nitriles is 1. The van der Waals surface area contributed by atoms with E-state index in [1.807, 2.05) is 6.07 Å². The maximum Gasteiger partial charge on any atom is 0.387 e. The van der Waals surface area contributed by atoms with Gasteiger partial charge in [0.25, 0.3) is 5.91 Å². The number of alkyl halides is 2. The number of halogens is 3. The molecule has 3 aromatic heterocycles. The molecule has 1 N–H and O–H groups in total. The minimum atomic E-state index is -3.21. The number of fused-ring (bicyclic) bond motifs is 1. The SMILES string of the molecule is CN1CC[C@H](n2cc(NC(=O)c3cnn4cccnc34)c(-c3cc(Cl)c(C#N)cc3OC(F)F)n2)C1=O. The Labute approximate surface area is 212 Å². The van der Waals surface area contributed by atoms with Crippen molar-refractivity contribution in [3.05, 3.63) is 59.1 Å². The van der Waals surface area contributed by atoms with E-state index in [0.717, 1.165) is 6.07 Å². The summed E-state index contributed by atoms with van der Waals surface area (Å²) >= 11 is 6.20. The maximum absolute atomic E-state index is 13.2. The lowest BCUT2D eigenvalue weighted by Gasteiger charge is -2.12. The molecule has 0 spiro atoms. The van der Waals surface area contributed by atoms with Gasteiger partial charge in [0.15, 0.2) is 5.65 Å². The van der Waals surface area contributed by atoms with Crippen molar-refractivity contribution >= 4 is 34.7 Å². The number of carbonyl (C=O) groups excluding carboxylic acids is 2. The fourth-order valence-corrected chi connectivity index (χ4v) is 4.29. The molecule has 0 bridgehead atoms. The second-order valence-corrected chi connectivity index (χ2v) is 8.56. The normalized spacial score (nSPS) is 15.4. The van der Waals surface area contributed by atoms with E-state index in [4.69, 9.17) is 11.6 Å². The Balaban J connectivity index is 1.63. The fraction of sp³-hybridized carbons (Fsp3) is 0.217. The Morgan fingerprint density at radius 1 is 1.38 bits per heavy atom. The minimum Gasteiger partial charge on any atom is -0.434 e. The molecular weight excluding hydrogens is 510 g/mol. The van der Waals surface area contributed by atoms with Gasteiger partial charge in [-0.2, -0.15) is 24.2 Å². The predicted octanol–water partition coefficient (Wildman–Crippen LogP) is 3.37. The van der Waals surface area contributed by atoms with Crippen LogP contribution in [0.4, 0.5) is 14.5 Å². The highest BCUT2D eigenvalue weighted by Crippen LogP contribution is 2.39. The van der Waals surface area contributed by atoms with E-state index in [-0.39, 0.29) is 44.8 Å². The highest BCUT2D eigenvalue weighted by Gasteiger charge is 2.33. The largest absolute Gasteiger partial charge is 0.434 e. The maximum atomic E-state index is 13.2. The number of benzene rings is 1. The number of ether oxygens (including phenoxy) is 1. The molecule has 11 nitrogen and oxygen atoms in total. The number of rotatable bonds is 6. The van der Waals surface area contributed by atoms with Gasteiger partial charge in [0.05, 0.1) is 28.7 Å². The quantitative estimate of drug-likeness (QED) is 0.407.